The van der Waals surface area contributed by atoms with Gasteiger partial charge >= 0.3 is 0 Å². The fourth-order valence-electron chi connectivity index (χ4n) is 2.82. The van der Waals surface area contributed by atoms with Crippen LogP contribution in [0.15, 0.2) is 69.1 Å². The Morgan fingerprint density at radius 2 is 1.81 bits per heavy atom. The van der Waals surface area contributed by atoms with Gasteiger partial charge in [0.05, 0.1) is 19.0 Å². The summed E-state index contributed by atoms with van der Waals surface area (Å²) in [7, 11) is 0. The zero-order chi connectivity index (χ0) is 23.3. The highest BCUT2D eigenvalue weighted by Gasteiger charge is 2.13. The van der Waals surface area contributed by atoms with Crippen LogP contribution in [0.2, 0.25) is 10.0 Å². The molecular formula is C24H16Br2Cl2N2O2. The summed E-state index contributed by atoms with van der Waals surface area (Å²) in [6.45, 7) is 2.21. The van der Waals surface area contributed by atoms with Gasteiger partial charge in [0.2, 0.25) is 0 Å². The number of benzene rings is 3. The van der Waals surface area contributed by atoms with Crippen LogP contribution in [0, 0.1) is 18.3 Å². The minimum Gasteiger partial charge on any atom is -0.487 e. The van der Waals surface area contributed by atoms with E-state index in [2.05, 4.69) is 37.2 Å². The minimum absolute atomic E-state index is 0.0187. The van der Waals surface area contributed by atoms with Crippen LogP contribution in [0.3, 0.4) is 0 Å². The summed E-state index contributed by atoms with van der Waals surface area (Å²) in [5.74, 6) is 0.0984. The molecule has 0 fully saturated rings. The second-order valence-corrected chi connectivity index (χ2v) is 9.37. The van der Waals surface area contributed by atoms with Crippen LogP contribution in [0.4, 0.5) is 5.69 Å². The first-order valence-corrected chi connectivity index (χ1v) is 11.7. The van der Waals surface area contributed by atoms with Gasteiger partial charge < -0.3 is 10.1 Å². The van der Waals surface area contributed by atoms with Gasteiger partial charge in [-0.2, -0.15) is 5.26 Å². The second-order valence-electron chi connectivity index (χ2n) is 6.84. The van der Waals surface area contributed by atoms with Crippen LogP contribution >= 0.6 is 55.1 Å². The largest absolute Gasteiger partial charge is 0.487 e. The second kappa shape index (κ2) is 11.0. The molecule has 0 heterocycles. The molecular weight excluding hydrogens is 579 g/mol. The Hall–Kier alpha value is -2.30. The standard InChI is InChI=1S/C24H16Br2Cl2N2O2/c1-14-3-2-4-18(7-14)30-24(31)17(12-29)8-16-9-19(25)23(20(26)10-16)32-13-15-5-6-21(27)22(28)11-15/h2-11H,13H2,1H3,(H,30,31)/b17-8-. The van der Waals surface area contributed by atoms with Gasteiger partial charge in [-0.05, 0) is 97.9 Å². The lowest BCUT2D eigenvalue weighted by molar-refractivity contribution is -0.112. The third kappa shape index (κ3) is 6.36. The molecule has 4 nitrogen and oxygen atoms in total. The van der Waals surface area contributed by atoms with E-state index in [0.29, 0.717) is 36.0 Å². The van der Waals surface area contributed by atoms with Crippen LogP contribution in [0.25, 0.3) is 6.08 Å². The van der Waals surface area contributed by atoms with Crippen molar-refractivity contribution in [2.45, 2.75) is 13.5 Å². The van der Waals surface area contributed by atoms with Crippen LogP contribution in [-0.4, -0.2) is 5.91 Å². The number of hydrogen-bond acceptors (Lipinski definition) is 3. The lowest BCUT2D eigenvalue weighted by Gasteiger charge is -2.12. The summed E-state index contributed by atoms with van der Waals surface area (Å²) in [5.41, 5.74) is 3.14. The molecule has 0 bridgehead atoms. The van der Waals surface area contributed by atoms with Crippen LogP contribution in [0.1, 0.15) is 16.7 Å². The molecule has 1 amide bonds. The van der Waals surface area contributed by atoms with Crippen molar-refractivity contribution in [3.05, 3.63) is 95.9 Å². The number of nitrogens with zero attached hydrogens (tertiary/aromatic N) is 1. The summed E-state index contributed by atoms with van der Waals surface area (Å²) < 4.78 is 7.24. The zero-order valence-corrected chi connectivity index (χ0v) is 21.4. The van der Waals surface area contributed by atoms with E-state index in [1.165, 1.54) is 6.08 Å². The molecule has 0 saturated heterocycles. The number of rotatable bonds is 6. The maximum Gasteiger partial charge on any atom is 0.266 e. The molecule has 8 heteroatoms. The highest BCUT2D eigenvalue weighted by molar-refractivity contribution is 9.11. The van der Waals surface area contributed by atoms with Gasteiger partial charge in [-0.3, -0.25) is 4.79 Å². The third-order valence-electron chi connectivity index (χ3n) is 4.34. The maximum absolute atomic E-state index is 12.5. The Labute approximate surface area is 213 Å². The van der Waals surface area contributed by atoms with E-state index in [0.717, 1.165) is 11.1 Å². The van der Waals surface area contributed by atoms with Crippen molar-refractivity contribution in [3.8, 4) is 11.8 Å². The summed E-state index contributed by atoms with van der Waals surface area (Å²) in [5, 5.41) is 13.2. The van der Waals surface area contributed by atoms with Crippen molar-refractivity contribution in [2.75, 3.05) is 5.32 Å². The van der Waals surface area contributed by atoms with Crippen LogP contribution in [0.5, 0.6) is 5.75 Å². The van der Waals surface area contributed by atoms with E-state index in [9.17, 15) is 10.1 Å². The topological polar surface area (TPSA) is 62.1 Å². The monoisotopic (exact) mass is 592 g/mol. The average molecular weight is 595 g/mol. The number of carbonyl (C=O) groups excluding carboxylic acids is 1. The first-order valence-electron chi connectivity index (χ1n) is 9.32. The van der Waals surface area contributed by atoms with E-state index in [4.69, 9.17) is 27.9 Å². The average Bonchev–Trinajstić information content (AvgIpc) is 2.73. The molecule has 32 heavy (non-hydrogen) atoms. The molecule has 0 aliphatic carbocycles. The first-order chi connectivity index (χ1) is 15.3. The zero-order valence-electron chi connectivity index (χ0n) is 16.8. The molecule has 0 radical (unpaired) electrons. The number of halogens is 4. The van der Waals surface area contributed by atoms with Gasteiger partial charge in [0, 0.05) is 5.69 Å². The van der Waals surface area contributed by atoms with Gasteiger partial charge in [0.25, 0.3) is 5.91 Å². The molecule has 0 unspecified atom stereocenters. The van der Waals surface area contributed by atoms with Gasteiger partial charge in [-0.15, -0.1) is 0 Å². The van der Waals surface area contributed by atoms with Gasteiger partial charge in [-0.1, -0.05) is 41.4 Å². The van der Waals surface area contributed by atoms with Crippen molar-refractivity contribution in [1.29, 1.82) is 5.26 Å². The summed E-state index contributed by atoms with van der Waals surface area (Å²) in [4.78, 5) is 12.5. The number of hydrogen-bond donors (Lipinski definition) is 1. The molecule has 3 aromatic carbocycles. The molecule has 0 aliphatic heterocycles. The highest BCUT2D eigenvalue weighted by atomic mass is 79.9. The summed E-state index contributed by atoms with van der Waals surface area (Å²) in [6.07, 6.45) is 1.52. The number of nitrogens with one attached hydrogen (secondary N) is 1. The van der Waals surface area contributed by atoms with Gasteiger partial charge in [0.15, 0.2) is 0 Å². The SMILES string of the molecule is Cc1cccc(NC(=O)/C(C#N)=C\c2cc(Br)c(OCc3ccc(Cl)c(Cl)c3)c(Br)c2)c1. The summed E-state index contributed by atoms with van der Waals surface area (Å²) >= 11 is 19.0. The van der Waals surface area contributed by atoms with Gasteiger partial charge in [-0.25, -0.2) is 0 Å². The molecule has 0 aliphatic rings. The normalized spacial score (nSPS) is 11.1. The predicted molar refractivity (Wildman–Crippen MR) is 136 cm³/mol. The number of nitriles is 1. The lowest BCUT2D eigenvalue weighted by atomic mass is 10.1. The Kier molecular flexibility index (Phi) is 8.38. The van der Waals surface area contributed by atoms with Crippen LogP contribution < -0.4 is 10.1 Å². The van der Waals surface area contributed by atoms with Crippen LogP contribution in [-0.2, 0) is 11.4 Å². The van der Waals surface area contributed by atoms with Crippen molar-refractivity contribution in [1.82, 2.24) is 0 Å². The lowest BCUT2D eigenvalue weighted by Crippen LogP contribution is -2.13. The predicted octanol–water partition coefficient (Wildman–Crippen LogP) is 7.95. The quantitative estimate of drug-likeness (QED) is 0.233. The fraction of sp³-hybridized carbons (Fsp3) is 0.0833. The Bertz CT molecular complexity index is 1230. The number of ether oxygens (including phenoxy) is 1. The van der Waals surface area contributed by atoms with E-state index in [-0.39, 0.29) is 12.2 Å². The maximum atomic E-state index is 12.5. The molecule has 0 aromatic heterocycles. The van der Waals surface area contributed by atoms with E-state index >= 15 is 0 Å². The van der Waals surface area contributed by atoms with Crippen molar-refractivity contribution in [2.24, 2.45) is 0 Å². The molecule has 3 rings (SSSR count). The molecule has 162 valence electrons. The molecule has 3 aromatic rings. The molecule has 1 N–H and O–H groups in total. The van der Waals surface area contributed by atoms with Gasteiger partial charge in [0.1, 0.15) is 24.0 Å². The third-order valence-corrected chi connectivity index (χ3v) is 6.26. The molecule has 0 saturated carbocycles. The van der Waals surface area contributed by atoms with Crippen molar-refractivity contribution in [3.63, 3.8) is 0 Å². The Balaban J connectivity index is 1.77. The van der Waals surface area contributed by atoms with Crippen molar-refractivity contribution < 1.29 is 9.53 Å². The molecule has 0 spiro atoms. The van der Waals surface area contributed by atoms with Crippen molar-refractivity contribution >= 4 is 72.7 Å². The van der Waals surface area contributed by atoms with E-state index in [1.54, 1.807) is 30.3 Å². The van der Waals surface area contributed by atoms with E-state index in [1.807, 2.05) is 37.3 Å². The highest BCUT2D eigenvalue weighted by Crippen LogP contribution is 2.36. The fourth-order valence-corrected chi connectivity index (χ4v) is 4.59. The smallest absolute Gasteiger partial charge is 0.266 e. The number of carbonyl (C=O) groups is 1. The minimum atomic E-state index is -0.481. The summed E-state index contributed by atoms with van der Waals surface area (Å²) in [6, 6.07) is 18.2. The number of amides is 1. The Morgan fingerprint density at radius 3 is 2.44 bits per heavy atom. The van der Waals surface area contributed by atoms with E-state index < -0.39 is 5.91 Å². The number of anilines is 1. The number of aryl methyl sites for hydroxylation is 1. The molecule has 0 atom stereocenters. The Morgan fingerprint density at radius 1 is 1.09 bits per heavy atom. The first kappa shape index (κ1) is 24.3.